The van der Waals surface area contributed by atoms with Crippen molar-refractivity contribution < 1.29 is 9.47 Å². The van der Waals surface area contributed by atoms with E-state index in [1.165, 1.54) is 25.8 Å². The molecule has 0 amide bonds. The molecule has 0 aromatic heterocycles. The van der Waals surface area contributed by atoms with Gasteiger partial charge in [-0.2, -0.15) is 0 Å². The normalized spacial score (nSPS) is 15.6. The van der Waals surface area contributed by atoms with Crippen LogP contribution in [0.15, 0.2) is 0 Å². The van der Waals surface area contributed by atoms with Crippen molar-refractivity contribution >= 4 is 0 Å². The van der Waals surface area contributed by atoms with Crippen molar-refractivity contribution in [2.45, 2.75) is 46.1 Å². The van der Waals surface area contributed by atoms with Gasteiger partial charge in [0, 0.05) is 13.7 Å². The fourth-order valence-electron chi connectivity index (χ4n) is 1.68. The van der Waals surface area contributed by atoms with Crippen LogP contribution in [0.5, 0.6) is 0 Å². The third kappa shape index (κ3) is 6.46. The summed E-state index contributed by atoms with van der Waals surface area (Å²) < 4.78 is 10.3. The second-order valence-electron chi connectivity index (χ2n) is 3.93. The summed E-state index contributed by atoms with van der Waals surface area (Å²) in [6.07, 6.45) is 3.92. The number of rotatable bonds is 8. The number of nitrogens with zero attached hydrogens (tertiary/aromatic N) is 1. The number of hydrogen-bond acceptors (Lipinski definition) is 3. The van der Waals surface area contributed by atoms with E-state index in [0.717, 1.165) is 26.4 Å². The van der Waals surface area contributed by atoms with Crippen LogP contribution >= 0.6 is 0 Å². The van der Waals surface area contributed by atoms with Crippen molar-refractivity contribution in [3.05, 3.63) is 0 Å². The van der Waals surface area contributed by atoms with Gasteiger partial charge in [0.1, 0.15) is 0 Å². The van der Waals surface area contributed by atoms with Gasteiger partial charge in [-0.05, 0) is 13.0 Å². The minimum Gasteiger partial charge on any atom is -0.383 e. The van der Waals surface area contributed by atoms with Crippen LogP contribution in [0.25, 0.3) is 0 Å². The molecule has 0 saturated carbocycles. The van der Waals surface area contributed by atoms with Crippen LogP contribution in [0.4, 0.5) is 0 Å². The highest BCUT2D eigenvalue weighted by Crippen LogP contribution is 2.11. The molecule has 98 valence electrons. The molecule has 0 aliphatic carbocycles. The summed E-state index contributed by atoms with van der Waals surface area (Å²) in [5.41, 5.74) is 0. The molecule has 0 aromatic rings. The Morgan fingerprint density at radius 2 is 1.88 bits per heavy atom. The van der Waals surface area contributed by atoms with Gasteiger partial charge in [-0.25, -0.2) is 0 Å². The first-order chi connectivity index (χ1) is 7.88. The predicted octanol–water partition coefficient (Wildman–Crippen LogP) is 2.55. The first-order valence-electron chi connectivity index (χ1n) is 6.69. The van der Waals surface area contributed by atoms with Gasteiger partial charge in [0.15, 0.2) is 0 Å². The molecule has 1 saturated heterocycles. The van der Waals surface area contributed by atoms with E-state index >= 15 is 0 Å². The lowest BCUT2D eigenvalue weighted by Gasteiger charge is -2.37. The molecule has 3 nitrogen and oxygen atoms in total. The molecule has 1 fully saturated rings. The van der Waals surface area contributed by atoms with Gasteiger partial charge in [-0.3, -0.25) is 4.90 Å². The maximum Gasteiger partial charge on any atom is 0.0645 e. The van der Waals surface area contributed by atoms with Gasteiger partial charge in [0.05, 0.1) is 25.9 Å². The molecule has 3 heteroatoms. The quantitative estimate of drug-likeness (QED) is 0.599. The van der Waals surface area contributed by atoms with Gasteiger partial charge in [0.2, 0.25) is 0 Å². The zero-order valence-electron chi connectivity index (χ0n) is 11.5. The van der Waals surface area contributed by atoms with Gasteiger partial charge in [0.25, 0.3) is 0 Å². The standard InChI is InChI=1S/C11H23NO2.C2H6/c1-3-4-5-6-12(7-8-13-2)11-9-14-10-11;1-2/h11H,3-10H2,1-2H3;1-2H3. The van der Waals surface area contributed by atoms with Crippen LogP contribution in [0.2, 0.25) is 0 Å². The number of hydrogen-bond donors (Lipinski definition) is 0. The monoisotopic (exact) mass is 231 g/mol. The molecule has 16 heavy (non-hydrogen) atoms. The molecule has 0 aromatic carbocycles. The van der Waals surface area contributed by atoms with E-state index in [0.29, 0.717) is 6.04 Å². The maximum atomic E-state index is 5.22. The van der Waals surface area contributed by atoms with Crippen molar-refractivity contribution in [3.63, 3.8) is 0 Å². The Morgan fingerprint density at radius 3 is 2.31 bits per heavy atom. The van der Waals surface area contributed by atoms with Crippen LogP contribution in [0.3, 0.4) is 0 Å². The van der Waals surface area contributed by atoms with Gasteiger partial charge < -0.3 is 9.47 Å². The molecule has 1 heterocycles. The van der Waals surface area contributed by atoms with Gasteiger partial charge >= 0.3 is 0 Å². The van der Waals surface area contributed by atoms with E-state index in [1.807, 2.05) is 13.8 Å². The minimum atomic E-state index is 0.655. The van der Waals surface area contributed by atoms with E-state index in [4.69, 9.17) is 9.47 Å². The zero-order valence-corrected chi connectivity index (χ0v) is 11.5. The van der Waals surface area contributed by atoms with Crippen LogP contribution in [0, 0.1) is 0 Å². The first kappa shape index (κ1) is 15.9. The molecule has 0 atom stereocenters. The Hall–Kier alpha value is -0.120. The zero-order chi connectivity index (χ0) is 12.2. The Labute approximate surface area is 101 Å². The van der Waals surface area contributed by atoms with Gasteiger partial charge in [-0.15, -0.1) is 0 Å². The third-order valence-electron chi connectivity index (χ3n) is 2.77. The van der Waals surface area contributed by atoms with Crippen molar-refractivity contribution in [1.29, 1.82) is 0 Å². The highest BCUT2D eigenvalue weighted by molar-refractivity contribution is 4.77. The highest BCUT2D eigenvalue weighted by Gasteiger charge is 2.24. The molecule has 0 N–H and O–H groups in total. The predicted molar refractivity (Wildman–Crippen MR) is 68.9 cm³/mol. The van der Waals surface area contributed by atoms with Crippen LogP contribution < -0.4 is 0 Å². The van der Waals surface area contributed by atoms with E-state index in [1.54, 1.807) is 7.11 Å². The lowest BCUT2D eigenvalue weighted by Crippen LogP contribution is -2.50. The smallest absolute Gasteiger partial charge is 0.0645 e. The molecule has 1 aliphatic heterocycles. The molecule has 0 radical (unpaired) electrons. The van der Waals surface area contributed by atoms with E-state index in [9.17, 15) is 0 Å². The second-order valence-corrected chi connectivity index (χ2v) is 3.93. The minimum absolute atomic E-state index is 0.655. The maximum absolute atomic E-state index is 5.22. The van der Waals surface area contributed by atoms with Crippen molar-refractivity contribution in [3.8, 4) is 0 Å². The Balaban J connectivity index is 0.00000106. The lowest BCUT2D eigenvalue weighted by atomic mass is 10.2. The number of ether oxygens (including phenoxy) is 2. The van der Waals surface area contributed by atoms with Crippen molar-refractivity contribution in [1.82, 2.24) is 4.90 Å². The van der Waals surface area contributed by atoms with E-state index in [2.05, 4.69) is 11.8 Å². The van der Waals surface area contributed by atoms with Crippen LogP contribution in [-0.4, -0.2) is 51.0 Å². The average molecular weight is 231 g/mol. The third-order valence-corrected chi connectivity index (χ3v) is 2.77. The Morgan fingerprint density at radius 1 is 1.19 bits per heavy atom. The molecular formula is C13H29NO2. The summed E-state index contributed by atoms with van der Waals surface area (Å²) in [7, 11) is 1.77. The second kappa shape index (κ2) is 11.4. The highest BCUT2D eigenvalue weighted by atomic mass is 16.5. The SMILES string of the molecule is CC.CCCCCN(CCOC)C1COC1. The Bertz CT molecular complexity index is 138. The lowest BCUT2D eigenvalue weighted by molar-refractivity contribution is -0.0699. The van der Waals surface area contributed by atoms with Crippen molar-refractivity contribution in [2.75, 3.05) is 40.0 Å². The summed E-state index contributed by atoms with van der Waals surface area (Å²) in [4.78, 5) is 2.50. The van der Waals surface area contributed by atoms with Crippen LogP contribution in [0.1, 0.15) is 40.0 Å². The number of unbranched alkanes of at least 4 members (excludes halogenated alkanes) is 2. The number of methoxy groups -OCH3 is 1. The Kier molecular flexibility index (Phi) is 11.3. The molecule has 1 aliphatic rings. The summed E-state index contributed by atoms with van der Waals surface area (Å²) in [6.45, 7) is 11.2. The first-order valence-corrected chi connectivity index (χ1v) is 6.69. The van der Waals surface area contributed by atoms with E-state index in [-0.39, 0.29) is 0 Å². The summed E-state index contributed by atoms with van der Waals surface area (Å²) in [5, 5.41) is 0. The summed E-state index contributed by atoms with van der Waals surface area (Å²) in [5.74, 6) is 0. The largest absolute Gasteiger partial charge is 0.383 e. The molecule has 0 unspecified atom stereocenters. The summed E-state index contributed by atoms with van der Waals surface area (Å²) in [6, 6.07) is 0.655. The van der Waals surface area contributed by atoms with Crippen molar-refractivity contribution in [2.24, 2.45) is 0 Å². The topological polar surface area (TPSA) is 21.7 Å². The molecular weight excluding hydrogens is 202 g/mol. The van der Waals surface area contributed by atoms with Crippen LogP contribution in [-0.2, 0) is 9.47 Å². The van der Waals surface area contributed by atoms with Gasteiger partial charge in [-0.1, -0.05) is 33.6 Å². The molecule has 0 spiro atoms. The average Bonchev–Trinajstić information content (AvgIpc) is 2.26. The summed E-state index contributed by atoms with van der Waals surface area (Å²) >= 11 is 0. The molecule has 0 bridgehead atoms. The fourth-order valence-corrected chi connectivity index (χ4v) is 1.68. The van der Waals surface area contributed by atoms with E-state index < -0.39 is 0 Å². The molecule has 1 rings (SSSR count). The fraction of sp³-hybridized carbons (Fsp3) is 1.00.